The molecule has 0 saturated carbocycles. The molecular weight excluding hydrogens is 228 g/mol. The molecule has 7 heteroatoms. The van der Waals surface area contributed by atoms with Crippen molar-refractivity contribution in [2.45, 2.75) is 44.7 Å². The molecule has 0 aromatic rings. The van der Waals surface area contributed by atoms with Crippen LogP contribution in [0.25, 0.3) is 0 Å². The molecule has 1 aliphatic rings. The smallest absolute Gasteiger partial charge is 0.317 e. The molecule has 4 unspecified atom stereocenters. The summed E-state index contributed by atoms with van der Waals surface area (Å²) >= 11 is 0. The Morgan fingerprint density at radius 2 is 2.12 bits per heavy atom. The van der Waals surface area contributed by atoms with Crippen LogP contribution in [0.1, 0.15) is 20.3 Å². The Bertz CT molecular complexity index is 284. The van der Waals surface area contributed by atoms with Gasteiger partial charge in [-0.15, -0.1) is 0 Å². The van der Waals surface area contributed by atoms with Gasteiger partial charge in [0.2, 0.25) is 5.91 Å². The lowest BCUT2D eigenvalue weighted by molar-refractivity contribution is -0.144. The van der Waals surface area contributed by atoms with E-state index in [0.717, 1.165) is 0 Å². The highest BCUT2D eigenvalue weighted by Crippen LogP contribution is 2.18. The first-order valence-electron chi connectivity index (χ1n) is 5.46. The minimum absolute atomic E-state index is 0.227. The number of ether oxygens (including phenoxy) is 1. The lowest BCUT2D eigenvalue weighted by Crippen LogP contribution is -2.58. The van der Waals surface area contributed by atoms with Crippen LogP contribution in [0.5, 0.6) is 0 Å². The fourth-order valence-corrected chi connectivity index (χ4v) is 1.86. The molecule has 0 aliphatic carbocycles. The molecule has 1 rings (SSSR count). The molecule has 0 aromatic heterocycles. The Labute approximate surface area is 99.1 Å². The van der Waals surface area contributed by atoms with E-state index in [9.17, 15) is 14.7 Å². The van der Waals surface area contributed by atoms with E-state index < -0.39 is 24.3 Å². The van der Waals surface area contributed by atoms with Crippen molar-refractivity contribution in [3.05, 3.63) is 0 Å². The van der Waals surface area contributed by atoms with Crippen LogP contribution in [0.4, 0.5) is 0 Å². The number of aliphatic carboxylic acids is 1. The number of carbonyl (C=O) groups excluding carboxylic acids is 1. The number of rotatable bonds is 4. The normalized spacial score (nSPS) is 33.1. The minimum Gasteiger partial charge on any atom is -0.480 e. The van der Waals surface area contributed by atoms with Crippen LogP contribution < -0.4 is 10.6 Å². The van der Waals surface area contributed by atoms with E-state index in [-0.39, 0.29) is 25.0 Å². The summed E-state index contributed by atoms with van der Waals surface area (Å²) in [7, 11) is 0. The van der Waals surface area contributed by atoms with Gasteiger partial charge >= 0.3 is 5.97 Å². The molecule has 1 saturated heterocycles. The summed E-state index contributed by atoms with van der Waals surface area (Å²) in [6, 6.07) is -0.463. The van der Waals surface area contributed by atoms with Crippen molar-refractivity contribution in [1.82, 2.24) is 10.6 Å². The molecule has 0 aromatic carbocycles. The number of carboxylic acid groups (broad SMARTS) is 1. The number of hydrogen-bond donors (Lipinski definition) is 4. The molecule has 4 atom stereocenters. The van der Waals surface area contributed by atoms with E-state index in [1.165, 1.54) is 6.92 Å². The predicted octanol–water partition coefficient (Wildman–Crippen LogP) is -1.34. The summed E-state index contributed by atoms with van der Waals surface area (Å²) in [4.78, 5) is 21.3. The van der Waals surface area contributed by atoms with Crippen molar-refractivity contribution < 1.29 is 24.5 Å². The lowest BCUT2D eigenvalue weighted by Gasteiger charge is -2.38. The first kappa shape index (κ1) is 13.9. The highest BCUT2D eigenvalue weighted by molar-refractivity contribution is 5.73. The number of hydrogen-bond acceptors (Lipinski definition) is 5. The summed E-state index contributed by atoms with van der Waals surface area (Å²) in [5.74, 6) is -1.22. The number of aliphatic hydroxyl groups excluding tert-OH is 1. The quantitative estimate of drug-likeness (QED) is 0.489. The van der Waals surface area contributed by atoms with E-state index in [1.807, 2.05) is 0 Å². The summed E-state index contributed by atoms with van der Waals surface area (Å²) < 4.78 is 5.47. The molecule has 7 nitrogen and oxygen atoms in total. The van der Waals surface area contributed by atoms with E-state index in [0.29, 0.717) is 0 Å². The summed E-state index contributed by atoms with van der Waals surface area (Å²) in [5.41, 5.74) is 0. The molecule has 0 bridgehead atoms. The molecule has 1 fully saturated rings. The zero-order chi connectivity index (χ0) is 13.0. The molecule has 1 heterocycles. The zero-order valence-corrected chi connectivity index (χ0v) is 9.84. The first-order chi connectivity index (χ1) is 7.90. The van der Waals surface area contributed by atoms with Gasteiger partial charge in [-0.25, -0.2) is 0 Å². The number of carboxylic acids is 1. The third-order valence-corrected chi connectivity index (χ3v) is 2.61. The molecule has 0 radical (unpaired) electrons. The SMILES string of the molecule is CC(=O)NC1C(O)CC(NCC(=O)O)OC1C. The Balaban J connectivity index is 2.48. The van der Waals surface area contributed by atoms with Crippen LogP contribution >= 0.6 is 0 Å². The topological polar surface area (TPSA) is 108 Å². The molecular formula is C10H18N2O5. The fraction of sp³-hybridized carbons (Fsp3) is 0.800. The second-order valence-corrected chi connectivity index (χ2v) is 4.13. The van der Waals surface area contributed by atoms with Crippen LogP contribution in [0, 0.1) is 0 Å². The van der Waals surface area contributed by atoms with Crippen LogP contribution in [0.15, 0.2) is 0 Å². The fourth-order valence-electron chi connectivity index (χ4n) is 1.86. The number of aliphatic hydroxyl groups is 1. The van der Waals surface area contributed by atoms with Gasteiger partial charge in [0.15, 0.2) is 0 Å². The van der Waals surface area contributed by atoms with Crippen LogP contribution in [-0.4, -0.2) is 53.1 Å². The molecule has 1 aliphatic heterocycles. The Morgan fingerprint density at radius 3 is 2.59 bits per heavy atom. The van der Waals surface area contributed by atoms with Gasteiger partial charge in [-0.05, 0) is 6.92 Å². The molecule has 4 N–H and O–H groups in total. The van der Waals surface area contributed by atoms with Crippen LogP contribution in [0.3, 0.4) is 0 Å². The first-order valence-corrected chi connectivity index (χ1v) is 5.46. The molecule has 98 valence electrons. The highest BCUT2D eigenvalue weighted by atomic mass is 16.5. The van der Waals surface area contributed by atoms with Gasteiger partial charge in [0, 0.05) is 13.3 Å². The Hall–Kier alpha value is -1.18. The van der Waals surface area contributed by atoms with E-state index in [4.69, 9.17) is 9.84 Å². The predicted molar refractivity (Wildman–Crippen MR) is 58.2 cm³/mol. The number of carbonyl (C=O) groups is 2. The maximum absolute atomic E-state index is 10.9. The van der Waals surface area contributed by atoms with Gasteiger partial charge in [-0.3, -0.25) is 14.9 Å². The van der Waals surface area contributed by atoms with Crippen molar-refractivity contribution in [3.63, 3.8) is 0 Å². The average Bonchev–Trinajstić information content (AvgIpc) is 2.20. The summed E-state index contributed by atoms with van der Waals surface area (Å²) in [6.45, 7) is 2.86. The standard InChI is InChI=1S/C10H18N2O5/c1-5-10(12-6(2)13)7(14)3-8(17-5)11-4-9(15)16/h5,7-8,10-11,14H,3-4H2,1-2H3,(H,12,13)(H,15,16). The van der Waals surface area contributed by atoms with E-state index >= 15 is 0 Å². The van der Waals surface area contributed by atoms with Gasteiger partial charge in [0.25, 0.3) is 0 Å². The van der Waals surface area contributed by atoms with Gasteiger partial charge in [0.1, 0.15) is 6.23 Å². The third-order valence-electron chi connectivity index (χ3n) is 2.61. The number of amides is 1. The zero-order valence-electron chi connectivity index (χ0n) is 9.84. The lowest BCUT2D eigenvalue weighted by atomic mass is 9.98. The van der Waals surface area contributed by atoms with Crippen LogP contribution in [0.2, 0.25) is 0 Å². The van der Waals surface area contributed by atoms with Gasteiger partial charge in [0.05, 0.1) is 24.8 Å². The largest absolute Gasteiger partial charge is 0.480 e. The third kappa shape index (κ3) is 4.29. The Kier molecular flexibility index (Phi) is 4.86. The monoisotopic (exact) mass is 246 g/mol. The van der Waals surface area contributed by atoms with Crippen LogP contribution in [-0.2, 0) is 14.3 Å². The van der Waals surface area contributed by atoms with E-state index in [2.05, 4.69) is 10.6 Å². The molecule has 17 heavy (non-hydrogen) atoms. The second kappa shape index (κ2) is 5.95. The van der Waals surface area contributed by atoms with E-state index in [1.54, 1.807) is 6.92 Å². The molecule has 0 spiro atoms. The average molecular weight is 246 g/mol. The number of nitrogens with one attached hydrogen (secondary N) is 2. The second-order valence-electron chi connectivity index (χ2n) is 4.13. The van der Waals surface area contributed by atoms with Crippen molar-refractivity contribution in [2.24, 2.45) is 0 Å². The van der Waals surface area contributed by atoms with Crippen molar-refractivity contribution in [1.29, 1.82) is 0 Å². The summed E-state index contributed by atoms with van der Waals surface area (Å²) in [5, 5.41) is 23.6. The summed E-state index contributed by atoms with van der Waals surface area (Å²) in [6.07, 6.45) is -1.41. The van der Waals surface area contributed by atoms with Gasteiger partial charge in [-0.2, -0.15) is 0 Å². The Morgan fingerprint density at radius 1 is 1.47 bits per heavy atom. The van der Waals surface area contributed by atoms with Crippen molar-refractivity contribution in [3.8, 4) is 0 Å². The minimum atomic E-state index is -0.986. The maximum Gasteiger partial charge on any atom is 0.317 e. The van der Waals surface area contributed by atoms with Crippen molar-refractivity contribution in [2.75, 3.05) is 6.54 Å². The molecule has 1 amide bonds. The maximum atomic E-state index is 10.9. The highest BCUT2D eigenvalue weighted by Gasteiger charge is 2.35. The van der Waals surface area contributed by atoms with Crippen molar-refractivity contribution >= 4 is 11.9 Å². The van der Waals surface area contributed by atoms with Gasteiger partial charge in [-0.1, -0.05) is 0 Å². The van der Waals surface area contributed by atoms with Gasteiger partial charge < -0.3 is 20.3 Å².